The van der Waals surface area contributed by atoms with Crippen molar-refractivity contribution in [3.05, 3.63) is 45.9 Å². The molecule has 6 N–H and O–H groups in total. The van der Waals surface area contributed by atoms with Gasteiger partial charge in [-0.15, -0.1) is 0 Å². The van der Waals surface area contributed by atoms with Crippen molar-refractivity contribution >= 4 is 23.2 Å². The lowest BCUT2D eigenvalue weighted by atomic mass is 9.58. The van der Waals surface area contributed by atoms with E-state index in [9.17, 15) is 34.8 Å². The molecule has 4 aliphatic rings. The zero-order valence-electron chi connectivity index (χ0n) is 24.8. The van der Waals surface area contributed by atoms with Gasteiger partial charge in [-0.25, -0.2) is 0 Å². The SMILES string of the molecule is CCCCN(c1ccc2c(c1O)C(=O)C1=C(O)[C@]3(O)C(=O)C(C(N)=O)=C(O)[C@@H](N(C)C)[C@@H]3C[C@H]1C2)C1CCN(C)CC1. The first-order chi connectivity index (χ1) is 19.8. The number of allylic oxidation sites excluding steroid dienone is 1. The fourth-order valence-corrected chi connectivity index (χ4v) is 7.58. The number of primary amides is 1. The second kappa shape index (κ2) is 11.0. The Hall–Kier alpha value is -3.41. The third-order valence-corrected chi connectivity index (χ3v) is 9.76. The van der Waals surface area contributed by atoms with Gasteiger partial charge < -0.3 is 36.0 Å². The maximum atomic E-state index is 14.1. The van der Waals surface area contributed by atoms with Crippen molar-refractivity contribution in [2.45, 2.75) is 63.1 Å². The quantitative estimate of drug-likeness (QED) is 0.299. The molecule has 3 aliphatic carbocycles. The predicted octanol–water partition coefficient (Wildman–Crippen LogP) is 1.82. The summed E-state index contributed by atoms with van der Waals surface area (Å²) in [4.78, 5) is 45.8. The molecule has 0 spiro atoms. The lowest BCUT2D eigenvalue weighted by molar-refractivity contribution is -0.148. The predicted molar refractivity (Wildman–Crippen MR) is 156 cm³/mol. The molecule has 4 atom stereocenters. The Morgan fingerprint density at radius 3 is 2.40 bits per heavy atom. The van der Waals surface area contributed by atoms with E-state index in [2.05, 4.69) is 23.8 Å². The van der Waals surface area contributed by atoms with Crippen LogP contribution >= 0.6 is 0 Å². The number of hydrogen-bond donors (Lipinski definition) is 5. The molecule has 0 unspecified atom stereocenters. The number of aliphatic hydroxyl groups excluding tert-OH is 2. The second-order valence-corrected chi connectivity index (χ2v) is 12.5. The Bertz CT molecular complexity index is 1380. The number of nitrogens with zero attached hydrogens (tertiary/aromatic N) is 3. The number of likely N-dealkylation sites (tertiary alicyclic amines) is 1. The normalized spacial score (nSPS) is 28.6. The Balaban J connectivity index is 1.61. The third kappa shape index (κ3) is 4.49. The van der Waals surface area contributed by atoms with Crippen molar-refractivity contribution in [3.8, 4) is 5.75 Å². The second-order valence-electron chi connectivity index (χ2n) is 12.5. The maximum absolute atomic E-state index is 14.1. The number of phenols is 1. The number of Topliss-reactive ketones (excluding diaryl/α,β-unsaturated/α-hetero) is 2. The molecule has 5 rings (SSSR count). The van der Waals surface area contributed by atoms with E-state index in [0.717, 1.165) is 45.3 Å². The number of aromatic hydroxyl groups is 1. The third-order valence-electron chi connectivity index (χ3n) is 9.76. The van der Waals surface area contributed by atoms with E-state index >= 15 is 0 Å². The van der Waals surface area contributed by atoms with Crippen molar-refractivity contribution in [2.24, 2.45) is 17.6 Å². The summed E-state index contributed by atoms with van der Waals surface area (Å²) in [7, 11) is 5.31. The fourth-order valence-electron chi connectivity index (χ4n) is 7.58. The van der Waals surface area contributed by atoms with Gasteiger partial charge in [0.1, 0.15) is 22.8 Å². The van der Waals surface area contributed by atoms with Gasteiger partial charge in [0.05, 0.1) is 17.3 Å². The molecule has 1 saturated heterocycles. The van der Waals surface area contributed by atoms with Gasteiger partial charge in [-0.2, -0.15) is 0 Å². The van der Waals surface area contributed by atoms with Gasteiger partial charge in [0.15, 0.2) is 11.4 Å². The molecule has 1 amide bonds. The molecule has 0 bridgehead atoms. The maximum Gasteiger partial charge on any atom is 0.255 e. The highest BCUT2D eigenvalue weighted by molar-refractivity contribution is 6.24. The molecule has 0 saturated carbocycles. The minimum absolute atomic E-state index is 0.0581. The van der Waals surface area contributed by atoms with Crippen LogP contribution in [-0.4, -0.2) is 106 Å². The van der Waals surface area contributed by atoms with E-state index in [-0.39, 0.29) is 35.8 Å². The molecular formula is C31H42N4O7. The molecule has 0 radical (unpaired) electrons. The van der Waals surface area contributed by atoms with Crippen molar-refractivity contribution in [1.82, 2.24) is 9.80 Å². The van der Waals surface area contributed by atoms with Crippen LogP contribution in [-0.2, 0) is 16.0 Å². The fraction of sp³-hybridized carbons (Fsp3) is 0.581. The van der Waals surface area contributed by atoms with E-state index in [1.165, 1.54) is 0 Å². The number of carbonyl (C=O) groups is 3. The number of likely N-dealkylation sites (N-methyl/N-ethyl adjacent to an activating group) is 1. The van der Waals surface area contributed by atoms with Gasteiger partial charge in [0.25, 0.3) is 5.91 Å². The van der Waals surface area contributed by atoms with Gasteiger partial charge in [-0.1, -0.05) is 19.4 Å². The van der Waals surface area contributed by atoms with E-state index in [0.29, 0.717) is 11.3 Å². The Kier molecular flexibility index (Phi) is 7.88. The highest BCUT2D eigenvalue weighted by Crippen LogP contribution is 2.53. The molecule has 228 valence electrons. The molecule has 11 heteroatoms. The summed E-state index contributed by atoms with van der Waals surface area (Å²) in [6.07, 6.45) is 4.08. The van der Waals surface area contributed by atoms with Crippen LogP contribution in [0.4, 0.5) is 5.69 Å². The monoisotopic (exact) mass is 582 g/mol. The Labute approximate surface area is 245 Å². The molecule has 1 heterocycles. The summed E-state index contributed by atoms with van der Waals surface area (Å²) in [6.45, 7) is 4.68. The molecular weight excluding hydrogens is 540 g/mol. The van der Waals surface area contributed by atoms with Crippen molar-refractivity contribution in [3.63, 3.8) is 0 Å². The van der Waals surface area contributed by atoms with Crippen molar-refractivity contribution in [1.29, 1.82) is 0 Å². The summed E-state index contributed by atoms with van der Waals surface area (Å²) in [6, 6.07) is 2.90. The summed E-state index contributed by atoms with van der Waals surface area (Å²) < 4.78 is 0. The molecule has 1 aromatic carbocycles. The number of amides is 1. The van der Waals surface area contributed by atoms with Crippen LogP contribution in [0.1, 0.15) is 54.9 Å². The number of carbonyl (C=O) groups excluding carboxylic acids is 3. The first kappa shape index (κ1) is 30.1. The van der Waals surface area contributed by atoms with E-state index in [1.54, 1.807) is 19.0 Å². The molecule has 1 aromatic rings. The van der Waals surface area contributed by atoms with E-state index in [1.807, 2.05) is 12.1 Å². The van der Waals surface area contributed by atoms with Crippen LogP contribution in [0.3, 0.4) is 0 Å². The van der Waals surface area contributed by atoms with Crippen molar-refractivity contribution in [2.75, 3.05) is 45.7 Å². The first-order valence-electron chi connectivity index (χ1n) is 14.8. The smallest absolute Gasteiger partial charge is 0.255 e. The Morgan fingerprint density at radius 1 is 1.14 bits per heavy atom. The van der Waals surface area contributed by atoms with Gasteiger partial charge in [0.2, 0.25) is 5.78 Å². The minimum atomic E-state index is -2.64. The number of ketones is 2. The number of aliphatic hydroxyl groups is 3. The molecule has 11 nitrogen and oxygen atoms in total. The highest BCUT2D eigenvalue weighted by Gasteiger charge is 2.63. The van der Waals surface area contributed by atoms with Crippen LogP contribution in [0.15, 0.2) is 34.8 Å². The number of unbranched alkanes of at least 4 members (excludes halogenated alkanes) is 1. The standard InChI is InChI=1S/C31H42N4O7/c1-5-6-11-35(18-9-12-34(4)13-10-18)20-8-7-16-14-17-15-19-24(33(2)3)27(38)23(30(32)41)29(40)31(19,42)28(39)22(17)26(37)21(16)25(20)36/h7-8,17-19,24,36,38-39,42H,5-6,9-15H2,1-4H3,(H2,32,41)/t17-,19+,24+,31+/m1/s1. The zero-order valence-corrected chi connectivity index (χ0v) is 24.8. The number of hydrogen-bond acceptors (Lipinski definition) is 10. The summed E-state index contributed by atoms with van der Waals surface area (Å²) >= 11 is 0. The summed E-state index contributed by atoms with van der Waals surface area (Å²) in [5, 5.41) is 45.9. The molecule has 0 aromatic heterocycles. The number of benzene rings is 1. The highest BCUT2D eigenvalue weighted by atomic mass is 16.3. The lowest BCUT2D eigenvalue weighted by Crippen LogP contribution is -2.63. The number of phenolic OH excluding ortho intramolecular Hbond substituents is 1. The average molecular weight is 583 g/mol. The zero-order chi connectivity index (χ0) is 30.7. The largest absolute Gasteiger partial charge is 0.510 e. The van der Waals surface area contributed by atoms with E-state index < -0.39 is 58.0 Å². The average Bonchev–Trinajstić information content (AvgIpc) is 2.92. The van der Waals surface area contributed by atoms with E-state index in [4.69, 9.17) is 5.73 Å². The summed E-state index contributed by atoms with van der Waals surface area (Å²) in [5.41, 5.74) is 3.07. The van der Waals surface area contributed by atoms with Gasteiger partial charge in [-0.05, 0) is 83.9 Å². The van der Waals surface area contributed by atoms with Crippen LogP contribution < -0.4 is 10.6 Å². The number of piperidine rings is 1. The molecule has 42 heavy (non-hydrogen) atoms. The number of fused-ring (bicyclic) bond motifs is 3. The van der Waals surface area contributed by atoms with Crippen LogP contribution in [0, 0.1) is 11.8 Å². The van der Waals surface area contributed by atoms with Crippen molar-refractivity contribution < 1.29 is 34.8 Å². The van der Waals surface area contributed by atoms with Gasteiger partial charge >= 0.3 is 0 Å². The van der Waals surface area contributed by atoms with Gasteiger partial charge in [0, 0.05) is 24.1 Å². The topological polar surface area (TPSA) is 168 Å². The lowest BCUT2D eigenvalue weighted by Gasteiger charge is -2.50. The summed E-state index contributed by atoms with van der Waals surface area (Å²) in [5.74, 6) is -6.32. The molecule has 1 aliphatic heterocycles. The minimum Gasteiger partial charge on any atom is -0.510 e. The number of anilines is 1. The van der Waals surface area contributed by atoms with Crippen LogP contribution in [0.2, 0.25) is 0 Å². The number of nitrogens with two attached hydrogens (primary N) is 1. The van der Waals surface area contributed by atoms with Crippen LogP contribution in [0.25, 0.3) is 0 Å². The van der Waals surface area contributed by atoms with Crippen LogP contribution in [0.5, 0.6) is 5.75 Å². The molecule has 1 fully saturated rings. The number of rotatable bonds is 7. The Morgan fingerprint density at radius 2 is 1.81 bits per heavy atom. The first-order valence-corrected chi connectivity index (χ1v) is 14.8. The van der Waals surface area contributed by atoms with Gasteiger partial charge in [-0.3, -0.25) is 19.3 Å².